The van der Waals surface area contributed by atoms with E-state index < -0.39 is 0 Å². The summed E-state index contributed by atoms with van der Waals surface area (Å²) in [6, 6.07) is 0. The molecule has 2 rings (SSSR count). The van der Waals surface area contributed by atoms with Gasteiger partial charge in [0.25, 0.3) is 0 Å². The highest BCUT2D eigenvalue weighted by atomic mass is 16.5. The summed E-state index contributed by atoms with van der Waals surface area (Å²) >= 11 is 0. The second-order valence-corrected chi connectivity index (χ2v) is 5.87. The van der Waals surface area contributed by atoms with Crippen molar-refractivity contribution in [1.82, 2.24) is 0 Å². The van der Waals surface area contributed by atoms with Gasteiger partial charge in [-0.1, -0.05) is 26.7 Å². The van der Waals surface area contributed by atoms with Crippen molar-refractivity contribution in [3.63, 3.8) is 0 Å². The second-order valence-electron chi connectivity index (χ2n) is 5.87. The van der Waals surface area contributed by atoms with Gasteiger partial charge in [0.05, 0.1) is 5.60 Å². The zero-order chi connectivity index (χ0) is 11.6. The van der Waals surface area contributed by atoms with Gasteiger partial charge in [0.15, 0.2) is 0 Å². The van der Waals surface area contributed by atoms with Gasteiger partial charge < -0.3 is 10.5 Å². The highest BCUT2D eigenvalue weighted by Gasteiger charge is 2.44. The molecule has 2 aliphatic rings. The minimum absolute atomic E-state index is 0.0549. The molecule has 2 nitrogen and oxygen atoms in total. The smallest absolute Gasteiger partial charge is 0.0685 e. The molecule has 1 saturated heterocycles. The molecule has 1 heterocycles. The van der Waals surface area contributed by atoms with Gasteiger partial charge in [0.1, 0.15) is 0 Å². The average Bonchev–Trinajstić information content (AvgIpc) is 2.76. The van der Waals surface area contributed by atoms with Crippen LogP contribution in [0.4, 0.5) is 0 Å². The van der Waals surface area contributed by atoms with Crippen LogP contribution in [-0.2, 0) is 4.74 Å². The normalized spacial score (nSPS) is 29.8. The van der Waals surface area contributed by atoms with Gasteiger partial charge in [-0.25, -0.2) is 0 Å². The molecule has 2 heteroatoms. The summed E-state index contributed by atoms with van der Waals surface area (Å²) in [5.41, 5.74) is 6.84. The van der Waals surface area contributed by atoms with E-state index in [1.54, 1.807) is 0 Å². The summed E-state index contributed by atoms with van der Waals surface area (Å²) in [6.45, 7) is 5.41. The Morgan fingerprint density at radius 1 is 1.25 bits per heavy atom. The minimum Gasteiger partial charge on any atom is -0.375 e. The Kier molecular flexibility index (Phi) is 3.60. The molecule has 16 heavy (non-hydrogen) atoms. The Hall–Kier alpha value is -0.0800. The maximum Gasteiger partial charge on any atom is 0.0685 e. The van der Waals surface area contributed by atoms with Crippen LogP contribution in [-0.4, -0.2) is 17.7 Å². The summed E-state index contributed by atoms with van der Waals surface area (Å²) in [7, 11) is 0. The fourth-order valence-electron chi connectivity index (χ4n) is 3.71. The van der Waals surface area contributed by atoms with E-state index in [1.807, 2.05) is 0 Å². The molecule has 0 radical (unpaired) electrons. The van der Waals surface area contributed by atoms with Crippen LogP contribution in [0.25, 0.3) is 0 Å². The molecule has 1 aliphatic carbocycles. The van der Waals surface area contributed by atoms with E-state index in [2.05, 4.69) is 13.8 Å². The quantitative estimate of drug-likeness (QED) is 0.800. The van der Waals surface area contributed by atoms with E-state index in [1.165, 1.54) is 38.5 Å². The Morgan fingerprint density at radius 2 is 1.88 bits per heavy atom. The summed E-state index contributed by atoms with van der Waals surface area (Å²) in [5, 5.41) is 0. The summed E-state index contributed by atoms with van der Waals surface area (Å²) in [6.07, 6.45) is 9.82. The van der Waals surface area contributed by atoms with Crippen LogP contribution < -0.4 is 5.73 Å². The topological polar surface area (TPSA) is 35.2 Å². The van der Waals surface area contributed by atoms with Crippen molar-refractivity contribution in [3.8, 4) is 0 Å². The van der Waals surface area contributed by atoms with Gasteiger partial charge in [-0.3, -0.25) is 0 Å². The number of hydrogen-bond acceptors (Lipinski definition) is 2. The molecule has 0 amide bonds. The number of rotatable bonds is 3. The lowest BCUT2D eigenvalue weighted by atomic mass is 9.71. The van der Waals surface area contributed by atoms with Crippen LogP contribution in [0.5, 0.6) is 0 Å². The van der Waals surface area contributed by atoms with Crippen LogP contribution in [0.1, 0.15) is 65.2 Å². The number of hydrogen-bond donors (Lipinski definition) is 1. The fourth-order valence-corrected chi connectivity index (χ4v) is 3.71. The van der Waals surface area contributed by atoms with Crippen molar-refractivity contribution in [2.75, 3.05) is 6.61 Å². The van der Waals surface area contributed by atoms with E-state index in [9.17, 15) is 0 Å². The maximum absolute atomic E-state index is 6.57. The molecule has 0 aromatic carbocycles. The standard InChI is InChI=1S/C14H27NO/c1-3-14(15,4-2)12-7-10-16-13(11-12)8-5-6-9-13/h12H,3-11,15H2,1-2H3. The van der Waals surface area contributed by atoms with Gasteiger partial charge in [0, 0.05) is 12.1 Å². The molecule has 1 spiro atoms. The Labute approximate surface area is 99.9 Å². The molecule has 0 bridgehead atoms. The third kappa shape index (κ3) is 2.14. The van der Waals surface area contributed by atoms with Crippen LogP contribution in [0.3, 0.4) is 0 Å². The first-order valence-corrected chi connectivity index (χ1v) is 7.07. The monoisotopic (exact) mass is 225 g/mol. The molecule has 1 atom stereocenters. The van der Waals surface area contributed by atoms with Gasteiger partial charge in [-0.05, 0) is 44.4 Å². The van der Waals surface area contributed by atoms with Crippen LogP contribution in [0, 0.1) is 5.92 Å². The van der Waals surface area contributed by atoms with E-state index in [-0.39, 0.29) is 11.1 Å². The molecular weight excluding hydrogens is 198 g/mol. The zero-order valence-corrected chi connectivity index (χ0v) is 10.9. The van der Waals surface area contributed by atoms with Gasteiger partial charge in [0.2, 0.25) is 0 Å². The van der Waals surface area contributed by atoms with E-state index in [0.717, 1.165) is 19.4 Å². The molecular formula is C14H27NO. The molecule has 2 N–H and O–H groups in total. The van der Waals surface area contributed by atoms with Crippen molar-refractivity contribution in [2.45, 2.75) is 76.4 Å². The first kappa shape index (κ1) is 12.4. The lowest BCUT2D eigenvalue weighted by Gasteiger charge is -2.45. The van der Waals surface area contributed by atoms with Crippen molar-refractivity contribution < 1.29 is 4.74 Å². The lowest BCUT2D eigenvalue weighted by Crippen LogP contribution is -2.52. The van der Waals surface area contributed by atoms with Crippen molar-refractivity contribution in [1.29, 1.82) is 0 Å². The van der Waals surface area contributed by atoms with Crippen molar-refractivity contribution >= 4 is 0 Å². The second kappa shape index (κ2) is 4.66. The van der Waals surface area contributed by atoms with Gasteiger partial charge in [-0.15, -0.1) is 0 Å². The molecule has 0 aromatic rings. The Morgan fingerprint density at radius 3 is 2.44 bits per heavy atom. The predicted octanol–water partition coefficient (Wildman–Crippen LogP) is 3.24. The minimum atomic E-state index is 0.0549. The van der Waals surface area contributed by atoms with Crippen molar-refractivity contribution in [3.05, 3.63) is 0 Å². The zero-order valence-electron chi connectivity index (χ0n) is 10.9. The fraction of sp³-hybridized carbons (Fsp3) is 1.00. The average molecular weight is 225 g/mol. The third-order valence-corrected chi connectivity index (χ3v) is 5.14. The van der Waals surface area contributed by atoms with Crippen LogP contribution in [0.15, 0.2) is 0 Å². The molecule has 1 unspecified atom stereocenters. The third-order valence-electron chi connectivity index (χ3n) is 5.14. The van der Waals surface area contributed by atoms with Gasteiger partial charge in [-0.2, -0.15) is 0 Å². The highest BCUT2D eigenvalue weighted by molar-refractivity contribution is 4.98. The molecule has 1 saturated carbocycles. The summed E-state index contributed by atoms with van der Waals surface area (Å²) in [4.78, 5) is 0. The van der Waals surface area contributed by atoms with E-state index >= 15 is 0 Å². The molecule has 2 fully saturated rings. The summed E-state index contributed by atoms with van der Waals surface area (Å²) < 4.78 is 6.09. The van der Waals surface area contributed by atoms with Crippen molar-refractivity contribution in [2.24, 2.45) is 11.7 Å². The lowest BCUT2D eigenvalue weighted by molar-refractivity contribution is -0.105. The first-order chi connectivity index (χ1) is 7.64. The van der Waals surface area contributed by atoms with Crippen LogP contribution in [0.2, 0.25) is 0 Å². The SMILES string of the molecule is CCC(N)(CC)C1CCOC2(CCCC2)C1. The van der Waals surface area contributed by atoms with Crippen LogP contribution >= 0.6 is 0 Å². The van der Waals surface area contributed by atoms with Gasteiger partial charge >= 0.3 is 0 Å². The number of ether oxygens (including phenoxy) is 1. The molecule has 1 aliphatic heterocycles. The van der Waals surface area contributed by atoms with E-state index in [4.69, 9.17) is 10.5 Å². The maximum atomic E-state index is 6.57. The Bertz CT molecular complexity index is 229. The largest absolute Gasteiger partial charge is 0.375 e. The predicted molar refractivity (Wildman–Crippen MR) is 67.4 cm³/mol. The summed E-state index contributed by atoms with van der Waals surface area (Å²) in [5.74, 6) is 0.675. The highest BCUT2D eigenvalue weighted by Crippen LogP contribution is 2.45. The van der Waals surface area contributed by atoms with E-state index in [0.29, 0.717) is 5.92 Å². The number of nitrogens with two attached hydrogens (primary N) is 1. The Balaban J connectivity index is 2.06. The molecule has 94 valence electrons. The molecule has 0 aromatic heterocycles. The first-order valence-electron chi connectivity index (χ1n) is 7.07.